The van der Waals surface area contributed by atoms with E-state index in [4.69, 9.17) is 9.47 Å². The van der Waals surface area contributed by atoms with Crippen molar-refractivity contribution in [3.8, 4) is 11.5 Å². The molecule has 6 heteroatoms. The molecule has 2 aromatic rings. The third kappa shape index (κ3) is 4.06. The Kier molecular flexibility index (Phi) is 6.09. The minimum absolute atomic E-state index is 0.279. The Morgan fingerprint density at radius 1 is 1.03 bits per heavy atom. The van der Waals surface area contributed by atoms with Crippen LogP contribution in [0.25, 0.3) is 6.08 Å². The number of carbonyl (C=O) groups excluding carboxylic acids is 1. The van der Waals surface area contributed by atoms with Crippen molar-refractivity contribution in [2.24, 2.45) is 11.8 Å². The summed E-state index contributed by atoms with van der Waals surface area (Å²) in [5, 5.41) is 0. The van der Waals surface area contributed by atoms with Gasteiger partial charge >= 0.3 is 0 Å². The fourth-order valence-corrected chi connectivity index (χ4v) is 7.38. The number of rotatable bonds is 5. The summed E-state index contributed by atoms with van der Waals surface area (Å²) in [5.74, 6) is 3.07. The van der Waals surface area contributed by atoms with Crippen LogP contribution in [0, 0.1) is 11.8 Å². The minimum Gasteiger partial charge on any atom is -0.493 e. The van der Waals surface area contributed by atoms with E-state index in [1.54, 1.807) is 14.2 Å². The van der Waals surface area contributed by atoms with E-state index in [0.29, 0.717) is 24.4 Å². The van der Waals surface area contributed by atoms with Crippen molar-refractivity contribution < 1.29 is 14.3 Å². The van der Waals surface area contributed by atoms with Crippen molar-refractivity contribution in [1.82, 2.24) is 14.4 Å². The fraction of sp³-hybridized carbons (Fsp3) is 0.552. The van der Waals surface area contributed by atoms with Crippen molar-refractivity contribution in [3.05, 3.63) is 53.4 Å². The van der Waals surface area contributed by atoms with E-state index in [0.717, 1.165) is 53.8 Å². The maximum absolute atomic E-state index is 13.7. The Hall–Kier alpha value is -2.73. The second-order valence-electron chi connectivity index (χ2n) is 10.7. The van der Waals surface area contributed by atoms with Gasteiger partial charge in [-0.2, -0.15) is 0 Å². The van der Waals surface area contributed by atoms with Crippen LogP contribution in [0.5, 0.6) is 11.5 Å². The Morgan fingerprint density at radius 2 is 1.86 bits per heavy atom. The third-order valence-corrected chi connectivity index (χ3v) is 8.90. The van der Waals surface area contributed by atoms with E-state index in [2.05, 4.69) is 44.8 Å². The second kappa shape index (κ2) is 9.38. The number of fused-ring (bicyclic) bond motifs is 2. The number of piperidine rings is 4. The summed E-state index contributed by atoms with van der Waals surface area (Å²) in [4.78, 5) is 18.8. The van der Waals surface area contributed by atoms with Gasteiger partial charge in [0, 0.05) is 42.6 Å². The smallest absolute Gasteiger partial charge is 0.250 e. The molecule has 0 radical (unpaired) electrons. The Bertz CT molecular complexity index is 1120. The summed E-state index contributed by atoms with van der Waals surface area (Å²) in [6.45, 7) is 4.20. The van der Waals surface area contributed by atoms with E-state index in [1.807, 2.05) is 12.1 Å². The molecule has 1 amide bonds. The van der Waals surface area contributed by atoms with Crippen molar-refractivity contribution in [1.29, 1.82) is 0 Å². The van der Waals surface area contributed by atoms with Gasteiger partial charge in [0.15, 0.2) is 11.5 Å². The SMILES string of the molecule is COc1ccc(Cn2cccc2/C=C2\CC[C@@H]3[C@H]4CCCN5CCC[C@@H](CN3C2=O)[C@@H]45)cc1OC. The molecular weight excluding hydrogens is 438 g/mol. The molecule has 0 bridgehead atoms. The van der Waals surface area contributed by atoms with Gasteiger partial charge in [0.2, 0.25) is 5.91 Å². The fourth-order valence-electron chi connectivity index (χ4n) is 7.38. The van der Waals surface area contributed by atoms with Gasteiger partial charge in [-0.15, -0.1) is 0 Å². The normalized spacial score (nSPS) is 29.6. The van der Waals surface area contributed by atoms with Gasteiger partial charge in [0.05, 0.1) is 14.2 Å². The lowest BCUT2D eigenvalue weighted by atomic mass is 9.67. The largest absolute Gasteiger partial charge is 0.493 e. The first-order valence-corrected chi connectivity index (χ1v) is 13.3. The lowest BCUT2D eigenvalue weighted by molar-refractivity contribution is -0.145. The molecule has 6 rings (SSSR count). The van der Waals surface area contributed by atoms with Gasteiger partial charge in [-0.3, -0.25) is 9.69 Å². The number of ether oxygens (including phenoxy) is 2. The van der Waals surface area contributed by atoms with Crippen LogP contribution in [0.3, 0.4) is 0 Å². The average molecular weight is 476 g/mol. The molecule has 4 aliphatic heterocycles. The van der Waals surface area contributed by atoms with Crippen LogP contribution in [0.4, 0.5) is 0 Å². The van der Waals surface area contributed by atoms with Crippen LogP contribution in [0.15, 0.2) is 42.1 Å². The second-order valence-corrected chi connectivity index (χ2v) is 10.7. The van der Waals surface area contributed by atoms with Gasteiger partial charge in [0.25, 0.3) is 0 Å². The predicted molar refractivity (Wildman–Crippen MR) is 137 cm³/mol. The van der Waals surface area contributed by atoms with E-state index in [1.165, 1.54) is 38.8 Å². The average Bonchev–Trinajstić information content (AvgIpc) is 3.32. The standard InChI is InChI=1S/C29H37N3O3/c1-34-26-12-9-20(16-27(26)35-2)18-31-15-4-7-23(31)17-21-10-11-25-24-8-5-14-30-13-3-6-22(28(24)30)19-32(25)29(21)33/h4,7,9,12,15-17,22,24-25,28H,3,5-6,8,10-11,13-14,18-19H2,1-2H3/b21-17+/t22-,24+,25+,28-/m0/s1. The number of hydrogen-bond acceptors (Lipinski definition) is 4. The molecule has 0 N–H and O–H groups in total. The molecule has 1 aromatic heterocycles. The summed E-state index contributed by atoms with van der Waals surface area (Å²) < 4.78 is 13.1. The first-order chi connectivity index (χ1) is 17.2. The molecule has 4 saturated heterocycles. The molecule has 0 aliphatic carbocycles. The number of carbonyl (C=O) groups is 1. The highest BCUT2D eigenvalue weighted by Crippen LogP contribution is 2.45. The number of hydrogen-bond donors (Lipinski definition) is 0. The Labute approximate surface area is 208 Å². The molecular formula is C29H37N3O3. The maximum Gasteiger partial charge on any atom is 0.250 e. The quantitative estimate of drug-likeness (QED) is 0.600. The summed E-state index contributed by atoms with van der Waals surface area (Å²) in [6.07, 6.45) is 11.4. The molecule has 4 atom stereocenters. The molecule has 0 spiro atoms. The molecule has 0 unspecified atom stereocenters. The van der Waals surface area contributed by atoms with Crippen molar-refractivity contribution in [2.75, 3.05) is 33.9 Å². The monoisotopic (exact) mass is 475 g/mol. The number of amides is 1. The summed E-state index contributed by atoms with van der Waals surface area (Å²) in [5.41, 5.74) is 3.18. The topological polar surface area (TPSA) is 46.9 Å². The maximum atomic E-state index is 13.7. The number of methoxy groups -OCH3 is 2. The molecule has 1 aromatic carbocycles. The van der Waals surface area contributed by atoms with Crippen LogP contribution >= 0.6 is 0 Å². The van der Waals surface area contributed by atoms with Crippen molar-refractivity contribution in [2.45, 2.75) is 57.2 Å². The summed E-state index contributed by atoms with van der Waals surface area (Å²) in [6, 6.07) is 11.4. The van der Waals surface area contributed by atoms with E-state index in [9.17, 15) is 4.79 Å². The molecule has 35 heavy (non-hydrogen) atoms. The number of aromatic nitrogens is 1. The van der Waals surface area contributed by atoms with E-state index >= 15 is 0 Å². The van der Waals surface area contributed by atoms with Crippen molar-refractivity contribution in [3.63, 3.8) is 0 Å². The van der Waals surface area contributed by atoms with Gasteiger partial charge in [0.1, 0.15) is 0 Å². The van der Waals surface area contributed by atoms with E-state index in [-0.39, 0.29) is 5.91 Å². The lowest BCUT2D eigenvalue weighted by Gasteiger charge is -2.58. The van der Waals surface area contributed by atoms with E-state index < -0.39 is 0 Å². The van der Waals surface area contributed by atoms with Gasteiger partial charge in [-0.25, -0.2) is 0 Å². The van der Waals surface area contributed by atoms with Crippen LogP contribution in [0.1, 0.15) is 49.8 Å². The zero-order chi connectivity index (χ0) is 23.9. The van der Waals surface area contributed by atoms with Crippen LogP contribution < -0.4 is 9.47 Å². The first kappa shape index (κ1) is 22.7. The lowest BCUT2D eigenvalue weighted by Crippen LogP contribution is -2.66. The van der Waals surface area contributed by atoms with Crippen LogP contribution in [-0.2, 0) is 11.3 Å². The highest BCUT2D eigenvalue weighted by atomic mass is 16.5. The highest BCUT2D eigenvalue weighted by molar-refractivity contribution is 5.98. The zero-order valence-electron chi connectivity index (χ0n) is 21.0. The Morgan fingerprint density at radius 3 is 2.69 bits per heavy atom. The number of benzene rings is 1. The third-order valence-electron chi connectivity index (χ3n) is 8.90. The number of nitrogens with zero attached hydrogens (tertiary/aromatic N) is 3. The van der Waals surface area contributed by atoms with Crippen LogP contribution in [-0.4, -0.2) is 66.2 Å². The summed E-state index contributed by atoms with van der Waals surface area (Å²) in [7, 11) is 3.32. The van der Waals surface area contributed by atoms with Gasteiger partial charge in [-0.1, -0.05) is 6.07 Å². The molecule has 4 fully saturated rings. The molecule has 6 nitrogen and oxygen atoms in total. The van der Waals surface area contributed by atoms with Crippen molar-refractivity contribution >= 4 is 12.0 Å². The highest BCUT2D eigenvalue weighted by Gasteiger charge is 2.51. The zero-order valence-corrected chi connectivity index (χ0v) is 21.0. The minimum atomic E-state index is 0.279. The summed E-state index contributed by atoms with van der Waals surface area (Å²) >= 11 is 0. The Balaban J connectivity index is 1.22. The molecule has 0 saturated carbocycles. The predicted octanol–water partition coefficient (Wildman–Crippen LogP) is 4.43. The molecule has 186 valence electrons. The molecule has 4 aliphatic rings. The first-order valence-electron chi connectivity index (χ1n) is 13.3. The van der Waals surface area contributed by atoms with Gasteiger partial charge in [-0.05, 0) is 99.4 Å². The molecule has 5 heterocycles. The van der Waals surface area contributed by atoms with Crippen LogP contribution in [0.2, 0.25) is 0 Å². The van der Waals surface area contributed by atoms with Gasteiger partial charge < -0.3 is 18.9 Å².